The largest absolute Gasteiger partial charge is 0.481 e. The van der Waals surface area contributed by atoms with Gasteiger partial charge < -0.3 is 10.4 Å². The fraction of sp³-hybridized carbons (Fsp3) is 0.444. The number of anilines is 1. The maximum Gasteiger partial charge on any atom is 0.322 e. The van der Waals surface area contributed by atoms with Gasteiger partial charge in [-0.15, -0.1) is 5.10 Å². The zero-order chi connectivity index (χ0) is 13.1. The molecule has 0 saturated carbocycles. The second-order valence-electron chi connectivity index (χ2n) is 3.87. The van der Waals surface area contributed by atoms with E-state index in [1.165, 1.54) is 4.80 Å². The summed E-state index contributed by atoms with van der Waals surface area (Å²) in [5, 5.41) is 24.7. The Labute approximate surface area is 102 Å². The van der Waals surface area contributed by atoms with Crippen LogP contribution in [0.3, 0.4) is 0 Å². The van der Waals surface area contributed by atoms with Crippen LogP contribution in [0.1, 0.15) is 6.42 Å². The first-order valence-electron chi connectivity index (χ1n) is 5.27. The lowest BCUT2D eigenvalue weighted by Crippen LogP contribution is -2.36. The van der Waals surface area contributed by atoms with Crippen LogP contribution >= 0.6 is 0 Å². The van der Waals surface area contributed by atoms with E-state index in [1.807, 2.05) is 0 Å². The molecule has 9 nitrogen and oxygen atoms in total. The summed E-state index contributed by atoms with van der Waals surface area (Å²) in [6, 6.07) is -0.800. The highest BCUT2D eigenvalue weighted by atomic mass is 16.4. The van der Waals surface area contributed by atoms with Crippen molar-refractivity contribution in [1.29, 1.82) is 0 Å². The molecule has 0 radical (unpaired) electrons. The van der Waals surface area contributed by atoms with Crippen LogP contribution in [0.2, 0.25) is 0 Å². The Bertz CT molecular complexity index is 496. The number of aliphatic carboxylic acids is 1. The molecule has 2 unspecified atom stereocenters. The third-order valence-electron chi connectivity index (χ3n) is 2.45. The summed E-state index contributed by atoms with van der Waals surface area (Å²) in [7, 11) is 1.58. The summed E-state index contributed by atoms with van der Waals surface area (Å²) in [5.41, 5.74) is 0. The third-order valence-corrected chi connectivity index (χ3v) is 2.45. The van der Waals surface area contributed by atoms with Gasteiger partial charge in [-0.1, -0.05) is 17.3 Å². The molecular weight excluding hydrogens is 240 g/mol. The Kier molecular flexibility index (Phi) is 3.22. The second-order valence-corrected chi connectivity index (χ2v) is 3.87. The number of urea groups is 1. The number of tetrazole rings is 1. The van der Waals surface area contributed by atoms with Crippen molar-refractivity contribution in [1.82, 2.24) is 25.5 Å². The van der Waals surface area contributed by atoms with Crippen molar-refractivity contribution in [3.63, 3.8) is 0 Å². The van der Waals surface area contributed by atoms with Crippen LogP contribution in [-0.4, -0.2) is 43.4 Å². The monoisotopic (exact) mass is 252 g/mol. The van der Waals surface area contributed by atoms with Crippen molar-refractivity contribution in [2.24, 2.45) is 13.0 Å². The van der Waals surface area contributed by atoms with Crippen LogP contribution in [-0.2, 0) is 11.8 Å². The third kappa shape index (κ3) is 2.81. The average Bonchev–Trinajstić information content (AvgIpc) is 2.88. The van der Waals surface area contributed by atoms with Crippen molar-refractivity contribution in [2.75, 3.05) is 5.32 Å². The maximum atomic E-state index is 11.5. The highest BCUT2D eigenvalue weighted by Crippen LogP contribution is 2.17. The standard InChI is InChI=1S/C9H12N6O3/c1-15-13-8(12-14-15)11-9(18)10-6-3-2-5(4-6)7(16)17/h2-3,5-6H,4H2,1H3,(H,16,17)(H2,10,11,13,18). The van der Waals surface area contributed by atoms with E-state index < -0.39 is 17.9 Å². The lowest BCUT2D eigenvalue weighted by molar-refractivity contribution is -0.140. The average molecular weight is 252 g/mol. The van der Waals surface area contributed by atoms with Gasteiger partial charge in [-0.25, -0.2) is 4.79 Å². The molecule has 1 aliphatic rings. The fourth-order valence-electron chi connectivity index (χ4n) is 1.63. The van der Waals surface area contributed by atoms with Gasteiger partial charge >= 0.3 is 12.0 Å². The number of aromatic nitrogens is 4. The van der Waals surface area contributed by atoms with Crippen LogP contribution in [0.5, 0.6) is 0 Å². The molecule has 2 amide bonds. The van der Waals surface area contributed by atoms with Gasteiger partial charge in [0.25, 0.3) is 5.95 Å². The van der Waals surface area contributed by atoms with Gasteiger partial charge in [-0.2, -0.15) is 4.80 Å². The number of carbonyl (C=O) groups is 2. The van der Waals surface area contributed by atoms with E-state index in [-0.39, 0.29) is 12.0 Å². The zero-order valence-corrected chi connectivity index (χ0v) is 9.57. The number of amides is 2. The van der Waals surface area contributed by atoms with E-state index in [0.29, 0.717) is 6.42 Å². The molecule has 18 heavy (non-hydrogen) atoms. The van der Waals surface area contributed by atoms with Gasteiger partial charge in [-0.05, 0) is 11.6 Å². The summed E-state index contributed by atoms with van der Waals surface area (Å²) in [6.45, 7) is 0. The van der Waals surface area contributed by atoms with Gasteiger partial charge in [0.15, 0.2) is 0 Å². The van der Waals surface area contributed by atoms with Gasteiger partial charge in [0, 0.05) is 0 Å². The molecule has 1 aliphatic carbocycles. The molecule has 0 spiro atoms. The van der Waals surface area contributed by atoms with E-state index in [0.717, 1.165) is 0 Å². The van der Waals surface area contributed by atoms with E-state index in [1.54, 1.807) is 19.2 Å². The van der Waals surface area contributed by atoms with E-state index in [9.17, 15) is 9.59 Å². The summed E-state index contributed by atoms with van der Waals surface area (Å²) in [5.74, 6) is -1.36. The minimum Gasteiger partial charge on any atom is -0.481 e. The van der Waals surface area contributed by atoms with E-state index >= 15 is 0 Å². The number of carboxylic acids is 1. The maximum absolute atomic E-state index is 11.5. The summed E-state index contributed by atoms with van der Waals surface area (Å²) < 4.78 is 0. The predicted molar refractivity (Wildman–Crippen MR) is 59.6 cm³/mol. The Morgan fingerprint density at radius 3 is 2.83 bits per heavy atom. The summed E-state index contributed by atoms with van der Waals surface area (Å²) in [4.78, 5) is 23.5. The van der Waals surface area contributed by atoms with Crippen LogP contribution < -0.4 is 10.6 Å². The van der Waals surface area contributed by atoms with Gasteiger partial charge in [0.1, 0.15) is 0 Å². The van der Waals surface area contributed by atoms with Crippen molar-refractivity contribution in [3.8, 4) is 0 Å². The fourth-order valence-corrected chi connectivity index (χ4v) is 1.63. The number of carbonyl (C=O) groups excluding carboxylic acids is 1. The molecule has 1 aromatic rings. The van der Waals surface area contributed by atoms with Gasteiger partial charge in [0.05, 0.1) is 19.0 Å². The van der Waals surface area contributed by atoms with Crippen LogP contribution in [0.15, 0.2) is 12.2 Å². The molecule has 3 N–H and O–H groups in total. The molecule has 0 bridgehead atoms. The SMILES string of the molecule is Cn1nnc(NC(=O)NC2C=CC(C(=O)O)C2)n1. The molecule has 0 aromatic carbocycles. The van der Waals surface area contributed by atoms with Gasteiger partial charge in [0.2, 0.25) is 0 Å². The molecule has 9 heteroatoms. The molecule has 2 atom stereocenters. The van der Waals surface area contributed by atoms with E-state index in [2.05, 4.69) is 26.0 Å². The molecule has 96 valence electrons. The highest BCUT2D eigenvalue weighted by molar-refractivity contribution is 5.87. The molecule has 0 saturated heterocycles. The topological polar surface area (TPSA) is 122 Å². The number of hydrogen-bond donors (Lipinski definition) is 3. The zero-order valence-electron chi connectivity index (χ0n) is 9.57. The van der Waals surface area contributed by atoms with Crippen LogP contribution in [0.25, 0.3) is 0 Å². The number of rotatable bonds is 3. The number of nitrogens with one attached hydrogen (secondary N) is 2. The molecule has 0 aliphatic heterocycles. The number of hydrogen-bond acceptors (Lipinski definition) is 5. The Morgan fingerprint density at radius 2 is 2.28 bits per heavy atom. The Morgan fingerprint density at radius 1 is 1.50 bits per heavy atom. The first-order valence-corrected chi connectivity index (χ1v) is 5.27. The lowest BCUT2D eigenvalue weighted by atomic mass is 10.1. The first kappa shape index (κ1) is 12.0. The van der Waals surface area contributed by atoms with Crippen molar-refractivity contribution < 1.29 is 14.7 Å². The van der Waals surface area contributed by atoms with E-state index in [4.69, 9.17) is 5.11 Å². The summed E-state index contributed by atoms with van der Waals surface area (Å²) in [6.07, 6.45) is 3.56. The van der Waals surface area contributed by atoms with Crippen LogP contribution in [0, 0.1) is 5.92 Å². The Balaban J connectivity index is 1.82. The van der Waals surface area contributed by atoms with Crippen molar-refractivity contribution in [2.45, 2.75) is 12.5 Å². The minimum absolute atomic E-state index is 0.0896. The second kappa shape index (κ2) is 4.82. The number of nitrogens with zero attached hydrogens (tertiary/aromatic N) is 4. The smallest absolute Gasteiger partial charge is 0.322 e. The van der Waals surface area contributed by atoms with Crippen LogP contribution in [0.4, 0.5) is 10.7 Å². The predicted octanol–water partition coefficient (Wildman–Crippen LogP) is -0.639. The molecule has 1 aromatic heterocycles. The molecular formula is C9H12N6O3. The minimum atomic E-state index is -0.897. The number of carboxylic acid groups (broad SMARTS) is 1. The van der Waals surface area contributed by atoms with Crippen molar-refractivity contribution in [3.05, 3.63) is 12.2 Å². The molecule has 2 rings (SSSR count). The summed E-state index contributed by atoms with van der Waals surface area (Å²) >= 11 is 0. The lowest BCUT2D eigenvalue weighted by Gasteiger charge is -2.11. The van der Waals surface area contributed by atoms with Gasteiger partial charge in [-0.3, -0.25) is 10.1 Å². The normalized spacial score (nSPS) is 21.8. The van der Waals surface area contributed by atoms with Crippen molar-refractivity contribution >= 4 is 17.9 Å². The molecule has 1 heterocycles. The molecule has 0 fully saturated rings. The quantitative estimate of drug-likeness (QED) is 0.615. The Hall–Kier alpha value is -2.45. The first-order chi connectivity index (χ1) is 8.54. The highest BCUT2D eigenvalue weighted by Gasteiger charge is 2.25. The number of aryl methyl sites for hydroxylation is 1.